The van der Waals surface area contributed by atoms with Crippen LogP contribution in [-0.4, -0.2) is 233 Å². The predicted octanol–water partition coefficient (Wildman–Crippen LogP) is -2.25. The van der Waals surface area contributed by atoms with Crippen molar-refractivity contribution in [2.75, 3.05) is 26.4 Å². The maximum Gasteiger partial charge on any atom is 0.335 e. The summed E-state index contributed by atoms with van der Waals surface area (Å²) in [5, 5.41) is 153. The molecule has 30 atom stereocenters. The Kier molecular flexibility index (Phi) is 16.0. The number of rotatable bonds is 11. The van der Waals surface area contributed by atoms with E-state index in [0.717, 1.165) is 6.42 Å². The number of allylic oxidation sites excluding steroid dienone is 2. The van der Waals surface area contributed by atoms with Gasteiger partial charge < -0.3 is 109 Å². The number of carboxylic acids is 1. The molecule has 0 aromatic heterocycles. The van der Waals surface area contributed by atoms with Crippen LogP contribution >= 0.6 is 0 Å². The zero-order chi connectivity index (χ0) is 54.9. The van der Waals surface area contributed by atoms with Crippen molar-refractivity contribution in [1.82, 2.24) is 0 Å². The van der Waals surface area contributed by atoms with E-state index in [4.69, 9.17) is 37.9 Å². The molecule has 4 aliphatic heterocycles. The molecular weight excluding hydrogens is 993 g/mol. The van der Waals surface area contributed by atoms with Gasteiger partial charge in [0.1, 0.15) is 73.2 Å². The largest absolute Gasteiger partial charge is 0.479 e. The number of hydrogen-bond acceptors (Lipinski definition) is 22. The van der Waals surface area contributed by atoms with Gasteiger partial charge in [-0.3, -0.25) is 0 Å². The summed E-state index contributed by atoms with van der Waals surface area (Å²) in [5.41, 5.74) is -2.58. The van der Waals surface area contributed by atoms with Crippen LogP contribution in [0.4, 0.5) is 0 Å². The summed E-state index contributed by atoms with van der Waals surface area (Å²) in [6.45, 7) is 12.7. The highest BCUT2D eigenvalue weighted by Gasteiger charge is 2.71. The van der Waals surface area contributed by atoms with Gasteiger partial charge in [-0.25, -0.2) is 4.79 Å². The van der Waals surface area contributed by atoms with Crippen molar-refractivity contribution in [3.05, 3.63) is 11.6 Å². The highest BCUT2D eigenvalue weighted by molar-refractivity contribution is 5.73. The van der Waals surface area contributed by atoms with Gasteiger partial charge in [0.2, 0.25) is 0 Å². The minimum Gasteiger partial charge on any atom is -0.479 e. The van der Waals surface area contributed by atoms with E-state index in [1.807, 2.05) is 13.8 Å². The lowest BCUT2D eigenvalue weighted by Gasteiger charge is -2.72. The van der Waals surface area contributed by atoms with Crippen LogP contribution in [0.5, 0.6) is 0 Å². The Balaban J connectivity index is 0.979. The first kappa shape index (κ1) is 58.0. The monoisotopic (exact) mass is 1080 g/mol. The van der Waals surface area contributed by atoms with Crippen LogP contribution in [0.2, 0.25) is 0 Å². The smallest absolute Gasteiger partial charge is 0.335 e. The molecule has 4 saturated carbocycles. The van der Waals surface area contributed by atoms with Crippen molar-refractivity contribution in [1.29, 1.82) is 0 Å². The lowest BCUT2D eigenvalue weighted by molar-refractivity contribution is -0.387. The van der Waals surface area contributed by atoms with Crippen LogP contribution in [0.25, 0.3) is 0 Å². The number of aliphatic carboxylic acids is 1. The van der Waals surface area contributed by atoms with Gasteiger partial charge >= 0.3 is 5.97 Å². The summed E-state index contributed by atoms with van der Waals surface area (Å²) in [5.74, 6) is -1.89. The minimum atomic E-state index is -2.07. The zero-order valence-electron chi connectivity index (χ0n) is 43.9. The van der Waals surface area contributed by atoms with Crippen molar-refractivity contribution < 1.29 is 114 Å². The van der Waals surface area contributed by atoms with E-state index in [1.54, 1.807) is 0 Å². The molecule has 9 aliphatic rings. The summed E-state index contributed by atoms with van der Waals surface area (Å²) in [6, 6.07) is 0. The van der Waals surface area contributed by atoms with E-state index in [0.29, 0.717) is 44.9 Å². The lowest BCUT2D eigenvalue weighted by Crippen LogP contribution is -2.69. The molecule has 23 heteroatoms. The SMILES string of the molecule is C[C@@H]1O[C@@H](O[C@H]2[C@H](O[C@H]3[C@H](O[C@H]4CC[C@@]5(C)[C@@H](CC[C@]6(C)[C@@H]5CC=C5[C@@H]7C[C@](C)(CO)[C@H](O)[C@@H](O[C@@H]8OC[C@H](O)[C@H](O)[C@H]8O)[C@]7(C)CC[C@]56C)[C@@]4(C)CO)O[C@H](C(=O)O)[C@@H](O)[C@@H]3O)OC[C@@H](O)[C@@H]2O)[C@H](O)[C@H](O)[C@H]1O. The topological polar surface area (TPSA) is 374 Å². The van der Waals surface area contributed by atoms with Gasteiger partial charge in [0.05, 0.1) is 50.8 Å². The second-order valence-electron chi connectivity index (χ2n) is 25.3. The van der Waals surface area contributed by atoms with Gasteiger partial charge in [-0.15, -0.1) is 0 Å². The van der Waals surface area contributed by atoms with E-state index >= 15 is 0 Å². The highest BCUT2D eigenvalue weighted by Crippen LogP contribution is 2.76. The number of aliphatic hydroxyl groups excluding tert-OH is 13. The second-order valence-corrected chi connectivity index (χ2v) is 25.3. The summed E-state index contributed by atoms with van der Waals surface area (Å²) >= 11 is 0. The lowest BCUT2D eigenvalue weighted by atomic mass is 9.33. The maximum atomic E-state index is 12.5. The summed E-state index contributed by atoms with van der Waals surface area (Å²) in [7, 11) is 0. The second kappa shape index (κ2) is 20.7. The third-order valence-electron chi connectivity index (χ3n) is 21.3. The third kappa shape index (κ3) is 9.11. The number of hydrogen-bond donors (Lipinski definition) is 14. The van der Waals surface area contributed by atoms with Crippen molar-refractivity contribution >= 4 is 5.97 Å². The van der Waals surface area contributed by atoms with E-state index in [1.165, 1.54) is 12.5 Å². The number of carboxylic acid groups (broad SMARTS) is 1. The van der Waals surface area contributed by atoms with Crippen LogP contribution in [0.1, 0.15) is 99.8 Å². The molecular formula is C52H84O23. The molecule has 0 aromatic rings. The Morgan fingerprint density at radius 3 is 1.89 bits per heavy atom. The van der Waals surface area contributed by atoms with Crippen LogP contribution < -0.4 is 0 Å². The first-order chi connectivity index (χ1) is 35.1. The van der Waals surface area contributed by atoms with Crippen LogP contribution in [0.3, 0.4) is 0 Å². The Labute approximate surface area is 436 Å². The summed E-state index contributed by atoms with van der Waals surface area (Å²) < 4.78 is 48.3. The summed E-state index contributed by atoms with van der Waals surface area (Å²) in [4.78, 5) is 12.5. The quantitative estimate of drug-likeness (QED) is 0.0768. The standard InChI is InChI=1S/C52H84O23/c1-21-29(57)32(60)36(64)44(70-21)73-38-31(59)25(56)18-69-45(38)74-39-34(62)33(61)37(42(66)67)72-46(39)71-28-11-12-49(4)26(50(28,5)20-54)10-13-52(7)27(49)9-8-22-23-16-47(2,19-53)40(65)41(48(23,3)14-15-51(22,52)6)75-43-35(63)30(58)24(55)17-68-43/h8,21,23-41,43-46,53-65H,9-20H2,1-7H3,(H,66,67)/t21-,23-,24-,25+,26+,27+,28-,29-,30-,31-,32+,33-,34-,35+,36+,37-,38+,39+,40+,41+,43-,44-,45-,46+,47+,48+,49-,50+,51+,52+/m0/s1. The van der Waals surface area contributed by atoms with Crippen molar-refractivity contribution in [3.63, 3.8) is 0 Å². The van der Waals surface area contributed by atoms with Gasteiger partial charge in [-0.2, -0.15) is 0 Å². The van der Waals surface area contributed by atoms with E-state index in [2.05, 4.69) is 33.8 Å². The highest BCUT2D eigenvalue weighted by atomic mass is 16.8. The molecule has 14 N–H and O–H groups in total. The summed E-state index contributed by atoms with van der Waals surface area (Å²) in [6.07, 6.45) is -25.7. The molecule has 430 valence electrons. The number of carbonyl (C=O) groups is 1. The van der Waals surface area contributed by atoms with Crippen molar-refractivity contribution in [2.45, 2.75) is 229 Å². The Hall–Kier alpha value is -1.63. The Bertz CT molecular complexity index is 2090. The van der Waals surface area contributed by atoms with Gasteiger partial charge in [0.25, 0.3) is 0 Å². The molecule has 8 fully saturated rings. The van der Waals surface area contributed by atoms with Crippen LogP contribution in [-0.2, 0) is 42.7 Å². The molecule has 75 heavy (non-hydrogen) atoms. The maximum absolute atomic E-state index is 12.5. The molecule has 23 nitrogen and oxygen atoms in total. The number of aliphatic hydroxyl groups is 13. The molecule has 5 aliphatic carbocycles. The van der Waals surface area contributed by atoms with Gasteiger partial charge in [0.15, 0.2) is 31.3 Å². The molecule has 9 rings (SSSR count). The average molecular weight is 1080 g/mol. The van der Waals surface area contributed by atoms with E-state index < -0.39 is 163 Å². The fraction of sp³-hybridized carbons (Fsp3) is 0.942. The predicted molar refractivity (Wildman–Crippen MR) is 254 cm³/mol. The normalized spacial score (nSPS) is 57.1. The fourth-order valence-corrected chi connectivity index (χ4v) is 16.1. The molecule has 0 bridgehead atoms. The molecule has 0 spiro atoms. The number of ether oxygens (including phenoxy) is 8. The Morgan fingerprint density at radius 1 is 0.613 bits per heavy atom. The molecule has 0 radical (unpaired) electrons. The average Bonchev–Trinajstić information content (AvgIpc) is 3.37. The van der Waals surface area contributed by atoms with Gasteiger partial charge in [-0.05, 0) is 92.3 Å². The molecule has 4 heterocycles. The fourth-order valence-electron chi connectivity index (χ4n) is 16.1. The van der Waals surface area contributed by atoms with Gasteiger partial charge in [0, 0.05) is 16.2 Å². The number of fused-ring (bicyclic) bond motifs is 7. The molecule has 0 unspecified atom stereocenters. The zero-order valence-corrected chi connectivity index (χ0v) is 43.9. The van der Waals surface area contributed by atoms with E-state index in [9.17, 15) is 76.3 Å². The van der Waals surface area contributed by atoms with Crippen LogP contribution in [0.15, 0.2) is 11.6 Å². The van der Waals surface area contributed by atoms with Crippen LogP contribution in [0, 0.1) is 50.2 Å². The Morgan fingerprint density at radius 2 is 1.24 bits per heavy atom. The first-order valence-electron chi connectivity index (χ1n) is 26.9. The molecule has 0 amide bonds. The van der Waals surface area contributed by atoms with Crippen molar-refractivity contribution in [2.24, 2.45) is 50.2 Å². The first-order valence-corrected chi connectivity index (χ1v) is 26.9. The molecule has 0 aromatic carbocycles. The minimum absolute atomic E-state index is 0.0781. The van der Waals surface area contributed by atoms with Crippen molar-refractivity contribution in [3.8, 4) is 0 Å². The van der Waals surface area contributed by atoms with E-state index in [-0.39, 0.29) is 48.4 Å². The van der Waals surface area contributed by atoms with Gasteiger partial charge in [-0.1, -0.05) is 53.2 Å². The molecule has 4 saturated heterocycles. The third-order valence-corrected chi connectivity index (χ3v) is 21.3.